The van der Waals surface area contributed by atoms with Gasteiger partial charge in [0.15, 0.2) is 4.90 Å². The van der Waals surface area contributed by atoms with E-state index in [0.29, 0.717) is 5.56 Å². The minimum absolute atomic E-state index is 0.0807. The molecule has 1 amide bonds. The lowest BCUT2D eigenvalue weighted by Crippen LogP contribution is -2.52. The molecule has 27 heavy (non-hydrogen) atoms. The van der Waals surface area contributed by atoms with Crippen molar-refractivity contribution in [1.29, 1.82) is 0 Å². The number of hydrogen-bond acceptors (Lipinski definition) is 5. The van der Waals surface area contributed by atoms with Gasteiger partial charge < -0.3 is 5.32 Å². The van der Waals surface area contributed by atoms with E-state index in [1.165, 1.54) is 7.05 Å². The molecular formula is C17H16FN3O5S. The number of nitrogens with one attached hydrogen (secondary N) is 1. The van der Waals surface area contributed by atoms with Crippen LogP contribution in [0, 0.1) is 15.9 Å². The van der Waals surface area contributed by atoms with Crippen molar-refractivity contribution in [2.75, 3.05) is 7.05 Å². The first kappa shape index (κ1) is 18.9. The summed E-state index contributed by atoms with van der Waals surface area (Å²) in [6.07, 6.45) is 0.0807. The maximum atomic E-state index is 14.4. The van der Waals surface area contributed by atoms with Crippen LogP contribution >= 0.6 is 0 Å². The fourth-order valence-corrected chi connectivity index (χ4v) is 4.93. The van der Waals surface area contributed by atoms with E-state index in [0.717, 1.165) is 28.1 Å². The molecule has 2 aromatic rings. The highest BCUT2D eigenvalue weighted by atomic mass is 32.2. The molecule has 1 aliphatic rings. The molecule has 10 heteroatoms. The predicted molar refractivity (Wildman–Crippen MR) is 93.8 cm³/mol. The van der Waals surface area contributed by atoms with Crippen LogP contribution in [0.4, 0.5) is 10.1 Å². The van der Waals surface area contributed by atoms with Gasteiger partial charge in [0.2, 0.25) is 5.91 Å². The van der Waals surface area contributed by atoms with Crippen LogP contribution in [-0.4, -0.2) is 36.6 Å². The second-order valence-electron chi connectivity index (χ2n) is 6.00. The largest absolute Gasteiger partial charge is 0.358 e. The average molecular weight is 393 g/mol. The first-order chi connectivity index (χ1) is 12.8. The van der Waals surface area contributed by atoms with Crippen molar-refractivity contribution in [3.05, 3.63) is 69.5 Å². The molecule has 0 saturated carbocycles. The summed E-state index contributed by atoms with van der Waals surface area (Å²) in [6, 6.07) is 8.65. The number of amides is 1. The first-order valence-corrected chi connectivity index (χ1v) is 9.44. The van der Waals surface area contributed by atoms with Gasteiger partial charge in [-0.1, -0.05) is 30.3 Å². The van der Waals surface area contributed by atoms with E-state index in [4.69, 9.17) is 0 Å². The Morgan fingerprint density at radius 3 is 2.52 bits per heavy atom. The van der Waals surface area contributed by atoms with Crippen molar-refractivity contribution >= 4 is 21.6 Å². The van der Waals surface area contributed by atoms with Crippen LogP contribution in [0.2, 0.25) is 0 Å². The van der Waals surface area contributed by atoms with Gasteiger partial charge in [-0.25, -0.2) is 12.8 Å². The van der Waals surface area contributed by atoms with Crippen molar-refractivity contribution in [1.82, 2.24) is 9.62 Å². The van der Waals surface area contributed by atoms with Gasteiger partial charge in [-0.3, -0.25) is 14.9 Å². The van der Waals surface area contributed by atoms with E-state index in [1.54, 1.807) is 24.3 Å². The molecule has 142 valence electrons. The summed E-state index contributed by atoms with van der Waals surface area (Å²) >= 11 is 0. The Balaban J connectivity index is 2.18. The number of nitro benzene ring substituents is 1. The van der Waals surface area contributed by atoms with E-state index < -0.39 is 43.3 Å². The Morgan fingerprint density at radius 2 is 1.89 bits per heavy atom. The van der Waals surface area contributed by atoms with E-state index in [2.05, 4.69) is 5.32 Å². The number of benzene rings is 2. The molecule has 1 atom stereocenters. The molecule has 1 N–H and O–H groups in total. The van der Waals surface area contributed by atoms with Crippen LogP contribution in [0.3, 0.4) is 0 Å². The molecule has 0 spiro atoms. The molecule has 0 unspecified atom stereocenters. The Morgan fingerprint density at radius 1 is 1.22 bits per heavy atom. The minimum atomic E-state index is -4.66. The van der Waals surface area contributed by atoms with Crippen LogP contribution in [0.1, 0.15) is 11.1 Å². The van der Waals surface area contributed by atoms with Gasteiger partial charge in [-0.05, 0) is 23.6 Å². The van der Waals surface area contributed by atoms with Gasteiger partial charge in [-0.2, -0.15) is 4.31 Å². The lowest BCUT2D eigenvalue weighted by molar-refractivity contribution is -0.388. The van der Waals surface area contributed by atoms with Gasteiger partial charge >= 0.3 is 0 Å². The second-order valence-corrected chi connectivity index (χ2v) is 7.83. The number of hydrogen-bond donors (Lipinski definition) is 1. The standard InChI is InChI=1S/C17H16FN3O5S/c1-19-17(22)15-9-11-5-2-3-6-12(11)10-20(15)27(25,26)16-13(18)7-4-8-14(16)21(23)24/h2-8,15H,9-10H2,1H3,(H,19,22)/t15-/m1/s1. The van der Waals surface area contributed by atoms with Gasteiger partial charge in [0.1, 0.15) is 11.9 Å². The summed E-state index contributed by atoms with van der Waals surface area (Å²) in [5, 5.41) is 13.6. The average Bonchev–Trinajstić information content (AvgIpc) is 2.65. The smallest absolute Gasteiger partial charge is 0.292 e. The lowest BCUT2D eigenvalue weighted by Gasteiger charge is -2.34. The SMILES string of the molecule is CNC(=O)[C@H]1Cc2ccccc2CN1S(=O)(=O)c1c(F)cccc1[N+](=O)[O-]. The van der Waals surface area contributed by atoms with Gasteiger partial charge in [0.25, 0.3) is 15.7 Å². The summed E-state index contributed by atoms with van der Waals surface area (Å²) < 4.78 is 41.5. The zero-order valence-electron chi connectivity index (χ0n) is 14.3. The van der Waals surface area contributed by atoms with E-state index >= 15 is 0 Å². The maximum Gasteiger partial charge on any atom is 0.292 e. The van der Waals surface area contributed by atoms with E-state index in [-0.39, 0.29) is 13.0 Å². The van der Waals surface area contributed by atoms with Crippen LogP contribution in [0.15, 0.2) is 47.4 Å². The molecule has 3 rings (SSSR count). The van der Waals surface area contributed by atoms with Crippen molar-refractivity contribution in [3.63, 3.8) is 0 Å². The molecule has 1 heterocycles. The molecule has 0 aromatic heterocycles. The van der Waals surface area contributed by atoms with Gasteiger partial charge in [-0.15, -0.1) is 0 Å². The Bertz CT molecular complexity index is 1020. The Hall–Kier alpha value is -2.85. The number of nitro groups is 1. The third-order valence-electron chi connectivity index (χ3n) is 4.46. The molecule has 8 nitrogen and oxygen atoms in total. The molecular weight excluding hydrogens is 377 g/mol. The van der Waals surface area contributed by atoms with Crippen LogP contribution in [0.25, 0.3) is 0 Å². The highest BCUT2D eigenvalue weighted by Gasteiger charge is 2.43. The molecule has 1 aliphatic heterocycles. The van der Waals surface area contributed by atoms with Gasteiger partial charge in [0.05, 0.1) is 4.92 Å². The van der Waals surface area contributed by atoms with Crippen molar-refractivity contribution in [3.8, 4) is 0 Å². The molecule has 0 radical (unpaired) electrons. The summed E-state index contributed by atoms with van der Waals surface area (Å²) in [5.41, 5.74) is 0.574. The van der Waals surface area contributed by atoms with Crippen molar-refractivity contribution in [2.24, 2.45) is 0 Å². The maximum absolute atomic E-state index is 14.4. The molecule has 0 bridgehead atoms. The van der Waals surface area contributed by atoms with Gasteiger partial charge in [0, 0.05) is 19.7 Å². The molecule has 0 aliphatic carbocycles. The highest BCUT2D eigenvalue weighted by molar-refractivity contribution is 7.89. The first-order valence-electron chi connectivity index (χ1n) is 8.00. The van der Waals surface area contributed by atoms with Crippen molar-refractivity contribution in [2.45, 2.75) is 23.9 Å². The third-order valence-corrected chi connectivity index (χ3v) is 6.39. The Labute approximate surface area is 154 Å². The third kappa shape index (κ3) is 3.28. The number of fused-ring (bicyclic) bond motifs is 1. The van der Waals surface area contributed by atoms with Crippen molar-refractivity contribution < 1.29 is 22.5 Å². The fraction of sp³-hybridized carbons (Fsp3) is 0.235. The quantitative estimate of drug-likeness (QED) is 0.627. The predicted octanol–water partition coefficient (Wildman–Crippen LogP) is 1.60. The Kier molecular flexibility index (Phi) is 4.94. The number of nitrogens with zero attached hydrogens (tertiary/aromatic N) is 2. The molecule has 0 saturated heterocycles. The second kappa shape index (κ2) is 7.05. The summed E-state index contributed by atoms with van der Waals surface area (Å²) in [5.74, 6) is -1.81. The number of sulfonamides is 1. The summed E-state index contributed by atoms with van der Waals surface area (Å²) in [6.45, 7) is -0.192. The number of halogens is 1. The summed E-state index contributed by atoms with van der Waals surface area (Å²) in [4.78, 5) is 21.6. The zero-order valence-corrected chi connectivity index (χ0v) is 15.1. The van der Waals surface area contributed by atoms with E-state index in [9.17, 15) is 27.7 Å². The van der Waals surface area contributed by atoms with Crippen LogP contribution < -0.4 is 5.32 Å². The number of carbonyl (C=O) groups excluding carboxylic acids is 1. The fourth-order valence-electron chi connectivity index (χ4n) is 3.16. The zero-order chi connectivity index (χ0) is 19.8. The minimum Gasteiger partial charge on any atom is -0.358 e. The lowest BCUT2D eigenvalue weighted by atomic mass is 9.95. The number of rotatable bonds is 4. The number of likely N-dealkylation sites (N-methyl/N-ethyl adjacent to an activating group) is 1. The normalized spacial score (nSPS) is 17.2. The molecule has 2 aromatic carbocycles. The monoisotopic (exact) mass is 393 g/mol. The number of carbonyl (C=O) groups is 1. The van der Waals surface area contributed by atoms with Crippen LogP contribution in [0.5, 0.6) is 0 Å². The van der Waals surface area contributed by atoms with Crippen LogP contribution in [-0.2, 0) is 27.8 Å². The topological polar surface area (TPSA) is 110 Å². The molecule has 0 fully saturated rings. The van der Waals surface area contributed by atoms with E-state index in [1.807, 2.05) is 0 Å². The highest BCUT2D eigenvalue weighted by Crippen LogP contribution is 2.34. The summed E-state index contributed by atoms with van der Waals surface area (Å²) in [7, 11) is -3.30.